The van der Waals surface area contributed by atoms with Crippen molar-refractivity contribution in [1.29, 1.82) is 0 Å². The molecule has 10 aromatic rings. The summed E-state index contributed by atoms with van der Waals surface area (Å²) in [7, 11) is 0. The minimum atomic E-state index is -0.522. The molecule has 680 valence electrons. The number of nitrogens with zero attached hydrogens (tertiary/aromatic N) is 8. The second-order valence-corrected chi connectivity index (χ2v) is 35.0. The number of rotatable bonds is 49. The number of anilines is 3. The summed E-state index contributed by atoms with van der Waals surface area (Å²) in [5.41, 5.74) is 4.34. The number of carbonyl (C=O) groups excluding carboxylic acids is 6. The predicted molar refractivity (Wildman–Crippen MR) is 501 cm³/mol. The second-order valence-electron chi connectivity index (χ2n) is 31.9. The summed E-state index contributed by atoms with van der Waals surface area (Å²) in [4.78, 5) is 92.7. The number of hydrogen-bond donors (Lipinski definition) is 1. The minimum absolute atomic E-state index is 0.232. The van der Waals surface area contributed by atoms with Crippen LogP contribution in [0.25, 0.3) is 41.8 Å². The Bertz CT molecular complexity index is 5060. The van der Waals surface area contributed by atoms with E-state index in [0.717, 1.165) is 143 Å². The number of fused-ring (bicyclic) bond motifs is 3. The number of ether oxygens (including phenoxy) is 8. The van der Waals surface area contributed by atoms with Gasteiger partial charge in [-0.05, 0) is 261 Å². The molecule has 29 heteroatoms. The molecule has 2 aliphatic carbocycles. The third-order valence-electron chi connectivity index (χ3n) is 22.2. The molecule has 0 atom stereocenters. The van der Waals surface area contributed by atoms with Crippen molar-refractivity contribution >= 4 is 128 Å². The number of nitrogens with two attached hydrogens (primary N) is 1. The number of unbranched alkanes of at least 4 members (excludes halogenated alkanes) is 15. The Morgan fingerprint density at radius 2 is 0.711 bits per heavy atom. The van der Waals surface area contributed by atoms with Crippen LogP contribution in [0.4, 0.5) is 28.6 Å². The Kier molecular flexibility index (Phi) is 39.2. The van der Waals surface area contributed by atoms with Crippen LogP contribution in [0.15, 0.2) is 175 Å². The number of benzene rings is 7. The molecule has 128 heavy (non-hydrogen) atoms. The van der Waals surface area contributed by atoms with Crippen molar-refractivity contribution in [2.75, 3.05) is 61.1 Å². The molecule has 0 amide bonds. The van der Waals surface area contributed by atoms with Gasteiger partial charge < -0.3 is 37.9 Å². The molecular weight excluding hydrogens is 1690 g/mol. The van der Waals surface area contributed by atoms with Gasteiger partial charge in [0.1, 0.15) is 51.9 Å². The highest BCUT2D eigenvalue weighted by molar-refractivity contribution is 7.23. The molecule has 0 spiro atoms. The first-order valence-corrected chi connectivity index (χ1v) is 47.3. The molecule has 3 aromatic heterocycles. The van der Waals surface area contributed by atoms with Crippen molar-refractivity contribution < 1.29 is 79.8 Å². The Balaban J connectivity index is 0.000000780. The van der Waals surface area contributed by atoms with Gasteiger partial charge in [-0.25, -0.2) is 53.6 Å². The Morgan fingerprint density at radius 3 is 1.07 bits per heavy atom. The van der Waals surface area contributed by atoms with E-state index in [0.29, 0.717) is 167 Å². The van der Waals surface area contributed by atoms with E-state index in [1.54, 1.807) is 106 Å². The summed E-state index contributed by atoms with van der Waals surface area (Å²) in [6.07, 6.45) is 27.8. The lowest BCUT2D eigenvalue weighted by Gasteiger charge is -2.26. The van der Waals surface area contributed by atoms with Gasteiger partial charge in [0.25, 0.3) is 0 Å². The van der Waals surface area contributed by atoms with E-state index in [1.165, 1.54) is 89.7 Å². The molecule has 0 unspecified atom stereocenters. The Morgan fingerprint density at radius 1 is 0.391 bits per heavy atom. The van der Waals surface area contributed by atoms with Gasteiger partial charge in [0.2, 0.25) is 15.4 Å². The van der Waals surface area contributed by atoms with Crippen molar-refractivity contribution in [3.63, 3.8) is 0 Å². The van der Waals surface area contributed by atoms with Crippen LogP contribution in [0.3, 0.4) is 0 Å². The third kappa shape index (κ3) is 30.7. The molecule has 3 heterocycles. The van der Waals surface area contributed by atoms with Crippen molar-refractivity contribution in [1.82, 2.24) is 15.0 Å². The summed E-state index contributed by atoms with van der Waals surface area (Å²) < 4.78 is 90.7. The molecule has 0 saturated heterocycles. The van der Waals surface area contributed by atoms with Crippen LogP contribution in [0.5, 0.6) is 34.5 Å². The highest BCUT2D eigenvalue weighted by atomic mass is 32.1. The van der Waals surface area contributed by atoms with E-state index >= 15 is 0 Å². The van der Waals surface area contributed by atoms with Gasteiger partial charge in [0.15, 0.2) is 0 Å². The summed E-state index contributed by atoms with van der Waals surface area (Å²) >= 11 is 4.08. The van der Waals surface area contributed by atoms with Gasteiger partial charge in [-0.1, -0.05) is 138 Å². The van der Waals surface area contributed by atoms with E-state index in [9.17, 15) is 41.9 Å². The number of thiazole rings is 3. The minimum Gasteiger partial charge on any atom is -0.494 e. The van der Waals surface area contributed by atoms with Gasteiger partial charge in [0, 0.05) is 42.9 Å². The molecule has 23 nitrogen and oxygen atoms in total. The van der Waals surface area contributed by atoms with Gasteiger partial charge in [-0.15, -0.1) is 0 Å². The molecule has 0 radical (unpaired) electrons. The van der Waals surface area contributed by atoms with Crippen LogP contribution in [0.2, 0.25) is 0 Å². The zero-order valence-electron chi connectivity index (χ0n) is 73.3. The number of hydrogen-bond acceptors (Lipinski definition) is 26. The summed E-state index contributed by atoms with van der Waals surface area (Å²) in [6, 6.07) is 38.3. The van der Waals surface area contributed by atoms with Crippen molar-refractivity contribution in [2.24, 2.45) is 39.7 Å². The van der Waals surface area contributed by atoms with E-state index in [4.69, 9.17) is 63.9 Å². The number of hydrazine groups is 1. The zero-order chi connectivity index (χ0) is 90.4. The fourth-order valence-corrected chi connectivity index (χ4v) is 17.7. The first-order valence-electron chi connectivity index (χ1n) is 44.9. The molecule has 2 N–H and O–H groups in total. The van der Waals surface area contributed by atoms with Crippen LogP contribution in [0, 0.1) is 41.1 Å². The number of esters is 6. The van der Waals surface area contributed by atoms with Crippen LogP contribution >= 0.6 is 34.0 Å². The quantitative estimate of drug-likeness (QED) is 0.00705. The lowest BCUT2D eigenvalue weighted by Crippen LogP contribution is -2.31. The average molecular weight is 1810 g/mol. The summed E-state index contributed by atoms with van der Waals surface area (Å²) in [6.45, 7) is 16.8. The van der Waals surface area contributed by atoms with Crippen LogP contribution in [0.1, 0.15) is 212 Å². The lowest BCUT2D eigenvalue weighted by molar-refractivity contribution is -0.145. The lowest BCUT2D eigenvalue weighted by atomic mass is 9.82. The largest absolute Gasteiger partial charge is 0.494 e. The first kappa shape index (κ1) is 97.2. The van der Waals surface area contributed by atoms with Crippen molar-refractivity contribution in [3.05, 3.63) is 193 Å². The van der Waals surface area contributed by atoms with Crippen molar-refractivity contribution in [2.45, 2.75) is 201 Å². The summed E-state index contributed by atoms with van der Waals surface area (Å²) in [5, 5.41) is 17.2. The Labute approximate surface area is 758 Å². The molecule has 0 aliphatic heterocycles. The predicted octanol–water partition coefficient (Wildman–Crippen LogP) is 23.4. The Hall–Kier alpha value is -11.4. The van der Waals surface area contributed by atoms with E-state index in [2.05, 4.69) is 38.9 Å². The number of hydrazone groups is 2. The third-order valence-corrected chi connectivity index (χ3v) is 25.3. The van der Waals surface area contributed by atoms with Crippen LogP contribution in [-0.4, -0.2) is 109 Å². The topological polar surface area (TPSA) is 275 Å². The molecule has 7 aromatic carbocycles. The highest BCUT2D eigenvalue weighted by Gasteiger charge is 2.35. The maximum absolute atomic E-state index is 14.6. The normalized spacial score (nSPS) is 15.0. The first-order chi connectivity index (χ1) is 62.3. The number of halogens is 3. The van der Waals surface area contributed by atoms with Gasteiger partial charge in [0.05, 0.1) is 93.2 Å². The van der Waals surface area contributed by atoms with Crippen LogP contribution < -0.4 is 49.3 Å². The van der Waals surface area contributed by atoms with E-state index in [-0.39, 0.29) is 40.9 Å². The second kappa shape index (κ2) is 51.6. The number of aromatic nitrogens is 3. The molecular formula is C99H116F3N9O14S3. The smallest absolute Gasteiger partial charge is 0.330 e. The molecule has 0 bridgehead atoms. The monoisotopic (exact) mass is 1810 g/mol. The van der Waals surface area contributed by atoms with Gasteiger partial charge in [-0.2, -0.15) is 10.2 Å². The van der Waals surface area contributed by atoms with Gasteiger partial charge >= 0.3 is 35.8 Å². The summed E-state index contributed by atoms with van der Waals surface area (Å²) in [5.74, 6) is 3.10. The van der Waals surface area contributed by atoms with Gasteiger partial charge in [-0.3, -0.25) is 24.2 Å². The standard InChI is InChI=1S/C86H98F2N6O14S2.C13H18FN3S/c1-5-9-11-17-47-93(85-91-73-43-33-67(87)55-77(73)109-85)89-57-65-53-63(31-45-75(65)107-83(99)61-27-23-59(24-28-61)81(97)105-71-39-35-69(36-40-71)101-49-19-13-15-21-51-103-79(95)7-3)64-32-46-76(66(54-64)58-90-94(48-18-12-10-6-2)86-92-74-44-34-68(88)56-78(74)110-86)108-84(100)62-29-25-60(26-30-62)82(98)106-72-41-37-70(38-42-72)102-50-20-14-16-22-52-104-80(96)8-4;1-2-3-4-5-8-17(15)13-16-11-7-6-10(14)9-12(11)18-13/h7-8,31-46,53-62H,3-6,9-30,47-52H2,1-2H3;6-7,9H,2-5,8,15H2,1H3/b89-57+,90-58+;. The van der Waals surface area contributed by atoms with E-state index < -0.39 is 47.5 Å². The molecule has 2 fully saturated rings. The fourth-order valence-electron chi connectivity index (χ4n) is 14.8. The molecule has 2 saturated carbocycles. The number of carbonyl (C=O) groups is 6. The maximum atomic E-state index is 14.6. The van der Waals surface area contributed by atoms with Crippen LogP contribution in [-0.2, 0) is 38.2 Å². The maximum Gasteiger partial charge on any atom is 0.330 e. The molecule has 2 aliphatic rings. The average Bonchev–Trinajstić information content (AvgIpc) is 1.59. The zero-order valence-corrected chi connectivity index (χ0v) is 75.7. The fraction of sp³-hybridized carbons (Fsp3) is 0.424. The molecule has 12 rings (SSSR count). The highest BCUT2D eigenvalue weighted by Crippen LogP contribution is 2.39. The van der Waals surface area contributed by atoms with Crippen molar-refractivity contribution in [3.8, 4) is 45.6 Å². The van der Waals surface area contributed by atoms with E-state index in [1.807, 2.05) is 24.3 Å². The SMILES string of the molecule is C=CC(=O)OCCCCCCOc1ccc(OC(=O)C2CCC(C(=O)Oc3ccc(-c4ccc(OC(=O)C5CCC(C(=O)Oc6ccc(OCCCCCCOC(=O)C=C)cc6)CC5)c(/C=N/N(CCCCCC)c5nc6ccc(F)cc6s5)c4)cc3/C=N/N(CCCCCC)c3nc4ccc(F)cc4s3)CC2)cc1.CCCCCCN(N)c1nc2ccc(F)cc2s1.